The zero-order valence-electron chi connectivity index (χ0n) is 8.01. The van der Waals surface area contributed by atoms with Crippen LogP contribution in [-0.4, -0.2) is 9.78 Å². The predicted molar refractivity (Wildman–Crippen MR) is 51.6 cm³/mol. The second-order valence-corrected chi connectivity index (χ2v) is 3.33. The summed E-state index contributed by atoms with van der Waals surface area (Å²) in [6.45, 7) is 2.54. The molecule has 0 aliphatic heterocycles. The van der Waals surface area contributed by atoms with E-state index in [9.17, 15) is 8.78 Å². The van der Waals surface area contributed by atoms with Gasteiger partial charge in [0.05, 0.1) is 12.1 Å². The molecule has 1 aromatic heterocycles. The molecular weight excluding hydrogens is 210 g/mol. The number of nitrogens with zero attached hydrogens (tertiary/aromatic N) is 2. The Bertz CT molecular complexity index is 286. The van der Waals surface area contributed by atoms with Crippen molar-refractivity contribution in [2.45, 2.75) is 38.6 Å². The standard InChI is InChI=1S/C9H13ClF2N2/c1-2-3-4-14-8(9(11)12)7(5-10)6-13-14/h6,9H,2-5H2,1H3. The van der Waals surface area contributed by atoms with Gasteiger partial charge in [-0.05, 0) is 6.42 Å². The van der Waals surface area contributed by atoms with Crippen LogP contribution in [0, 0.1) is 0 Å². The molecule has 0 bridgehead atoms. The normalized spacial score (nSPS) is 11.2. The van der Waals surface area contributed by atoms with Crippen LogP contribution in [0.4, 0.5) is 8.78 Å². The van der Waals surface area contributed by atoms with Crippen molar-refractivity contribution < 1.29 is 8.78 Å². The lowest BCUT2D eigenvalue weighted by Crippen LogP contribution is -2.06. The van der Waals surface area contributed by atoms with Gasteiger partial charge in [0.25, 0.3) is 6.43 Å². The third-order valence-corrected chi connectivity index (χ3v) is 2.32. The molecule has 0 aliphatic rings. The molecule has 0 aliphatic carbocycles. The first kappa shape index (κ1) is 11.4. The summed E-state index contributed by atoms with van der Waals surface area (Å²) in [5.74, 6) is 0.0891. The zero-order valence-corrected chi connectivity index (χ0v) is 8.77. The molecule has 0 radical (unpaired) electrons. The first-order valence-corrected chi connectivity index (χ1v) is 5.12. The Morgan fingerprint density at radius 1 is 1.57 bits per heavy atom. The van der Waals surface area contributed by atoms with Crippen LogP contribution in [0.3, 0.4) is 0 Å². The quantitative estimate of drug-likeness (QED) is 0.699. The van der Waals surface area contributed by atoms with Crippen molar-refractivity contribution in [2.75, 3.05) is 0 Å². The van der Waals surface area contributed by atoms with Crippen molar-refractivity contribution in [1.29, 1.82) is 0 Å². The fraction of sp³-hybridized carbons (Fsp3) is 0.667. The van der Waals surface area contributed by atoms with Gasteiger partial charge in [-0.15, -0.1) is 11.6 Å². The van der Waals surface area contributed by atoms with Gasteiger partial charge in [-0.3, -0.25) is 4.68 Å². The second kappa shape index (κ2) is 5.29. The van der Waals surface area contributed by atoms with Gasteiger partial charge in [0.1, 0.15) is 5.69 Å². The highest BCUT2D eigenvalue weighted by Crippen LogP contribution is 2.24. The number of unbranched alkanes of at least 4 members (excludes halogenated alkanes) is 1. The third kappa shape index (κ3) is 2.44. The van der Waals surface area contributed by atoms with E-state index in [2.05, 4.69) is 5.10 Å². The maximum absolute atomic E-state index is 12.6. The summed E-state index contributed by atoms with van der Waals surface area (Å²) in [4.78, 5) is 0. The molecule has 0 atom stereocenters. The fourth-order valence-electron chi connectivity index (χ4n) is 1.28. The van der Waals surface area contributed by atoms with Crippen LogP contribution in [0.25, 0.3) is 0 Å². The highest BCUT2D eigenvalue weighted by Gasteiger charge is 2.18. The molecule has 0 fully saturated rings. The summed E-state index contributed by atoms with van der Waals surface area (Å²) < 4.78 is 26.6. The van der Waals surface area contributed by atoms with Crippen molar-refractivity contribution >= 4 is 11.6 Å². The maximum Gasteiger partial charge on any atom is 0.280 e. The number of alkyl halides is 3. The first-order valence-electron chi connectivity index (χ1n) is 4.59. The van der Waals surface area contributed by atoms with E-state index in [0.29, 0.717) is 12.1 Å². The lowest BCUT2D eigenvalue weighted by molar-refractivity contribution is 0.138. The van der Waals surface area contributed by atoms with Gasteiger partial charge in [0.2, 0.25) is 0 Å². The summed E-state index contributed by atoms with van der Waals surface area (Å²) in [5.41, 5.74) is 0.395. The van der Waals surface area contributed by atoms with Crippen LogP contribution in [0.15, 0.2) is 6.20 Å². The largest absolute Gasteiger partial charge is 0.280 e. The van der Waals surface area contributed by atoms with Gasteiger partial charge < -0.3 is 0 Å². The number of aryl methyl sites for hydroxylation is 1. The Balaban J connectivity index is 2.87. The average molecular weight is 223 g/mol. The van der Waals surface area contributed by atoms with E-state index >= 15 is 0 Å². The van der Waals surface area contributed by atoms with E-state index in [4.69, 9.17) is 11.6 Å². The molecule has 0 amide bonds. The van der Waals surface area contributed by atoms with Crippen molar-refractivity contribution in [2.24, 2.45) is 0 Å². The van der Waals surface area contributed by atoms with Crippen molar-refractivity contribution in [1.82, 2.24) is 9.78 Å². The van der Waals surface area contributed by atoms with Gasteiger partial charge in [-0.25, -0.2) is 8.78 Å². The molecule has 1 rings (SSSR count). The smallest absolute Gasteiger partial charge is 0.263 e. The van der Waals surface area contributed by atoms with E-state index in [0.717, 1.165) is 12.8 Å². The van der Waals surface area contributed by atoms with Crippen LogP contribution in [0.2, 0.25) is 0 Å². The number of halogens is 3. The minimum Gasteiger partial charge on any atom is -0.263 e. The topological polar surface area (TPSA) is 17.8 Å². The predicted octanol–water partition coefficient (Wildman–Crippen LogP) is 3.36. The van der Waals surface area contributed by atoms with Gasteiger partial charge in [-0.2, -0.15) is 5.10 Å². The molecular formula is C9H13ClF2N2. The lowest BCUT2D eigenvalue weighted by Gasteiger charge is -2.06. The van der Waals surface area contributed by atoms with Crippen LogP contribution in [-0.2, 0) is 12.4 Å². The molecule has 0 N–H and O–H groups in total. The molecule has 0 saturated heterocycles. The van der Waals surface area contributed by atoms with E-state index < -0.39 is 6.43 Å². The Morgan fingerprint density at radius 3 is 2.79 bits per heavy atom. The Morgan fingerprint density at radius 2 is 2.29 bits per heavy atom. The molecule has 5 heteroatoms. The molecule has 0 aromatic carbocycles. The molecule has 0 saturated carbocycles. The van der Waals surface area contributed by atoms with E-state index in [1.807, 2.05) is 6.92 Å². The van der Waals surface area contributed by atoms with Crippen molar-refractivity contribution in [3.05, 3.63) is 17.5 Å². The summed E-state index contributed by atoms with van der Waals surface area (Å²) in [5, 5.41) is 3.90. The summed E-state index contributed by atoms with van der Waals surface area (Å²) >= 11 is 5.54. The summed E-state index contributed by atoms with van der Waals surface area (Å²) in [6.07, 6.45) is 0.731. The summed E-state index contributed by atoms with van der Waals surface area (Å²) in [6, 6.07) is 0. The lowest BCUT2D eigenvalue weighted by atomic mass is 10.2. The number of hydrogen-bond acceptors (Lipinski definition) is 1. The number of aromatic nitrogens is 2. The Kier molecular flexibility index (Phi) is 4.32. The summed E-state index contributed by atoms with van der Waals surface area (Å²) in [7, 11) is 0. The highest BCUT2D eigenvalue weighted by atomic mass is 35.5. The molecule has 1 aromatic rings. The minimum atomic E-state index is -2.50. The number of hydrogen-bond donors (Lipinski definition) is 0. The van der Waals surface area contributed by atoms with Crippen molar-refractivity contribution in [3.8, 4) is 0 Å². The van der Waals surface area contributed by atoms with E-state index in [-0.39, 0.29) is 11.6 Å². The zero-order chi connectivity index (χ0) is 10.6. The van der Waals surface area contributed by atoms with Gasteiger partial charge in [0, 0.05) is 12.1 Å². The minimum absolute atomic E-state index is 0.0338. The maximum atomic E-state index is 12.6. The first-order chi connectivity index (χ1) is 6.70. The molecule has 0 unspecified atom stereocenters. The van der Waals surface area contributed by atoms with Crippen LogP contribution >= 0.6 is 11.6 Å². The van der Waals surface area contributed by atoms with Crippen LogP contribution < -0.4 is 0 Å². The van der Waals surface area contributed by atoms with Gasteiger partial charge in [-0.1, -0.05) is 13.3 Å². The molecule has 1 heterocycles. The second-order valence-electron chi connectivity index (χ2n) is 3.07. The third-order valence-electron chi connectivity index (χ3n) is 2.03. The molecule has 14 heavy (non-hydrogen) atoms. The fourth-order valence-corrected chi connectivity index (χ4v) is 1.48. The number of rotatable bonds is 5. The highest BCUT2D eigenvalue weighted by molar-refractivity contribution is 6.17. The van der Waals surface area contributed by atoms with Gasteiger partial charge >= 0.3 is 0 Å². The van der Waals surface area contributed by atoms with E-state index in [1.54, 1.807) is 0 Å². The van der Waals surface area contributed by atoms with Crippen molar-refractivity contribution in [3.63, 3.8) is 0 Å². The average Bonchev–Trinajstić information content (AvgIpc) is 2.57. The Hall–Kier alpha value is -0.640. The van der Waals surface area contributed by atoms with E-state index in [1.165, 1.54) is 10.9 Å². The SMILES string of the molecule is CCCCn1ncc(CCl)c1C(F)F. The van der Waals surface area contributed by atoms with Crippen LogP contribution in [0.5, 0.6) is 0 Å². The molecule has 80 valence electrons. The molecule has 2 nitrogen and oxygen atoms in total. The molecule has 0 spiro atoms. The van der Waals surface area contributed by atoms with Crippen LogP contribution in [0.1, 0.15) is 37.4 Å². The Labute approximate surface area is 86.9 Å². The van der Waals surface area contributed by atoms with Gasteiger partial charge in [0.15, 0.2) is 0 Å². The monoisotopic (exact) mass is 222 g/mol.